The molecule has 0 unspecified atom stereocenters. The summed E-state index contributed by atoms with van der Waals surface area (Å²) in [6.45, 7) is 2.29. The molecule has 0 rings (SSSR count). The van der Waals surface area contributed by atoms with Gasteiger partial charge in [0.15, 0.2) is 0 Å². The van der Waals surface area contributed by atoms with Crippen LogP contribution in [0.2, 0.25) is 0 Å². The van der Waals surface area contributed by atoms with Gasteiger partial charge in [0.2, 0.25) is 11.8 Å². The fourth-order valence-electron chi connectivity index (χ4n) is 0.875. The summed E-state index contributed by atoms with van der Waals surface area (Å²) in [4.78, 5) is 31.4. The lowest BCUT2D eigenvalue weighted by molar-refractivity contribution is -0.122. The average Bonchev–Trinajstić information content (AvgIpc) is 2.13. The Labute approximate surface area is 83.2 Å². The zero-order chi connectivity index (χ0) is 10.8. The summed E-state index contributed by atoms with van der Waals surface area (Å²) in [7, 11) is 0. The van der Waals surface area contributed by atoms with Crippen LogP contribution in [0.1, 0.15) is 26.2 Å². The first-order valence-corrected chi connectivity index (χ1v) is 4.61. The molecule has 0 aromatic carbocycles. The van der Waals surface area contributed by atoms with Crippen LogP contribution in [-0.4, -0.2) is 31.2 Å². The number of hydrogen-bond donors (Lipinski definition) is 2. The highest BCUT2D eigenvalue weighted by atomic mass is 16.2. The van der Waals surface area contributed by atoms with E-state index in [1.807, 2.05) is 0 Å². The Hall–Kier alpha value is -1.39. The normalized spacial score (nSPS) is 9.21. The fraction of sp³-hybridized carbons (Fsp3) is 0.667. The van der Waals surface area contributed by atoms with E-state index in [4.69, 9.17) is 0 Å². The summed E-state index contributed by atoms with van der Waals surface area (Å²) in [5.74, 6) is -0.197. The third-order valence-electron chi connectivity index (χ3n) is 1.55. The van der Waals surface area contributed by atoms with Crippen LogP contribution in [0.5, 0.6) is 0 Å². The van der Waals surface area contributed by atoms with Gasteiger partial charge < -0.3 is 15.4 Å². The van der Waals surface area contributed by atoms with Crippen LogP contribution in [0, 0.1) is 0 Å². The van der Waals surface area contributed by atoms with Gasteiger partial charge in [0.05, 0.1) is 0 Å². The molecular formula is C9H16N2O3. The summed E-state index contributed by atoms with van der Waals surface area (Å²) in [5, 5.41) is 5.19. The molecule has 0 saturated heterocycles. The van der Waals surface area contributed by atoms with Crippen LogP contribution in [0.3, 0.4) is 0 Å². The van der Waals surface area contributed by atoms with E-state index in [0.717, 1.165) is 6.29 Å². The van der Waals surface area contributed by atoms with Gasteiger partial charge >= 0.3 is 0 Å². The maximum absolute atomic E-state index is 11.0. The average molecular weight is 200 g/mol. The minimum Gasteiger partial charge on any atom is -0.355 e. The second-order valence-corrected chi connectivity index (χ2v) is 2.89. The first-order valence-electron chi connectivity index (χ1n) is 4.61. The topological polar surface area (TPSA) is 75.3 Å². The van der Waals surface area contributed by atoms with Crippen molar-refractivity contribution in [1.29, 1.82) is 0 Å². The Morgan fingerprint density at radius 1 is 1.21 bits per heavy atom. The minimum absolute atomic E-state index is 0.0859. The van der Waals surface area contributed by atoms with Crippen LogP contribution in [0.4, 0.5) is 0 Å². The van der Waals surface area contributed by atoms with E-state index in [1.54, 1.807) is 0 Å². The Balaban J connectivity index is 3.26. The van der Waals surface area contributed by atoms with Gasteiger partial charge in [-0.15, -0.1) is 0 Å². The molecule has 0 radical (unpaired) electrons. The number of amides is 2. The predicted molar refractivity (Wildman–Crippen MR) is 51.6 cm³/mol. The maximum atomic E-state index is 11.0. The van der Waals surface area contributed by atoms with Gasteiger partial charge in [-0.05, 0) is 6.42 Å². The minimum atomic E-state index is -0.111. The van der Waals surface area contributed by atoms with Gasteiger partial charge in [0.1, 0.15) is 6.29 Å². The maximum Gasteiger partial charge on any atom is 0.220 e. The molecule has 5 heteroatoms. The lowest BCUT2D eigenvalue weighted by atomic mass is 10.2. The number of nitrogens with one attached hydrogen (secondary N) is 2. The van der Waals surface area contributed by atoms with E-state index in [-0.39, 0.29) is 11.8 Å². The summed E-state index contributed by atoms with van der Waals surface area (Å²) in [6.07, 6.45) is 2.15. The summed E-state index contributed by atoms with van der Waals surface area (Å²) in [6, 6.07) is 0. The van der Waals surface area contributed by atoms with Crippen molar-refractivity contribution >= 4 is 18.1 Å². The number of carbonyl (C=O) groups is 3. The Morgan fingerprint density at radius 2 is 1.86 bits per heavy atom. The SMILES string of the molecule is CC(=O)NCCNC(=O)CCCC=O. The summed E-state index contributed by atoms with van der Waals surface area (Å²) < 4.78 is 0. The van der Waals surface area contributed by atoms with Crippen molar-refractivity contribution in [2.45, 2.75) is 26.2 Å². The highest BCUT2D eigenvalue weighted by Crippen LogP contribution is 1.91. The van der Waals surface area contributed by atoms with Gasteiger partial charge in [-0.2, -0.15) is 0 Å². The molecular weight excluding hydrogens is 184 g/mol. The zero-order valence-electron chi connectivity index (χ0n) is 8.34. The van der Waals surface area contributed by atoms with Crippen LogP contribution in [-0.2, 0) is 14.4 Å². The number of aldehydes is 1. The third kappa shape index (κ3) is 8.70. The molecule has 0 saturated carbocycles. The molecule has 0 aromatic rings. The second kappa shape index (κ2) is 8.22. The molecule has 0 atom stereocenters. The van der Waals surface area contributed by atoms with Gasteiger partial charge in [-0.3, -0.25) is 9.59 Å². The molecule has 5 nitrogen and oxygen atoms in total. The smallest absolute Gasteiger partial charge is 0.220 e. The van der Waals surface area contributed by atoms with Gasteiger partial charge in [0, 0.05) is 32.9 Å². The zero-order valence-corrected chi connectivity index (χ0v) is 8.34. The second-order valence-electron chi connectivity index (χ2n) is 2.89. The van der Waals surface area contributed by atoms with Crippen LogP contribution < -0.4 is 10.6 Å². The van der Waals surface area contributed by atoms with Crippen LogP contribution in [0.15, 0.2) is 0 Å². The van der Waals surface area contributed by atoms with Crippen molar-refractivity contribution in [2.24, 2.45) is 0 Å². The van der Waals surface area contributed by atoms with Crippen molar-refractivity contribution in [2.75, 3.05) is 13.1 Å². The summed E-state index contributed by atoms with van der Waals surface area (Å²) in [5.41, 5.74) is 0. The molecule has 0 aliphatic rings. The number of unbranched alkanes of at least 4 members (excludes halogenated alkanes) is 1. The van der Waals surface area contributed by atoms with E-state index in [2.05, 4.69) is 10.6 Å². The van der Waals surface area contributed by atoms with E-state index in [1.165, 1.54) is 6.92 Å². The molecule has 80 valence electrons. The molecule has 0 aliphatic heterocycles. The first-order chi connectivity index (χ1) is 6.66. The fourth-order valence-corrected chi connectivity index (χ4v) is 0.875. The standard InChI is InChI=1S/C9H16N2O3/c1-8(13)10-5-6-11-9(14)4-2-3-7-12/h7H,2-6H2,1H3,(H,10,13)(H,11,14). The van der Waals surface area contributed by atoms with Crippen molar-refractivity contribution in [3.05, 3.63) is 0 Å². The molecule has 2 N–H and O–H groups in total. The summed E-state index contributed by atoms with van der Waals surface area (Å²) >= 11 is 0. The third-order valence-corrected chi connectivity index (χ3v) is 1.55. The molecule has 0 fully saturated rings. The predicted octanol–water partition coefficient (Wildman–Crippen LogP) is -0.392. The molecule has 0 aromatic heterocycles. The van der Waals surface area contributed by atoms with Crippen LogP contribution in [0.25, 0.3) is 0 Å². The largest absolute Gasteiger partial charge is 0.355 e. The quantitative estimate of drug-likeness (QED) is 0.434. The highest BCUT2D eigenvalue weighted by molar-refractivity contribution is 5.76. The highest BCUT2D eigenvalue weighted by Gasteiger charge is 1.99. The lowest BCUT2D eigenvalue weighted by Crippen LogP contribution is -2.33. The van der Waals surface area contributed by atoms with E-state index in [0.29, 0.717) is 32.4 Å². The van der Waals surface area contributed by atoms with E-state index in [9.17, 15) is 14.4 Å². The lowest BCUT2D eigenvalue weighted by Gasteiger charge is -2.04. The van der Waals surface area contributed by atoms with Crippen molar-refractivity contribution < 1.29 is 14.4 Å². The Kier molecular flexibility index (Phi) is 7.40. The molecule has 0 heterocycles. The molecule has 0 bridgehead atoms. The molecule has 14 heavy (non-hydrogen) atoms. The number of rotatable bonds is 7. The Bertz CT molecular complexity index is 204. The number of carbonyl (C=O) groups excluding carboxylic acids is 3. The van der Waals surface area contributed by atoms with Crippen molar-refractivity contribution in [1.82, 2.24) is 10.6 Å². The monoisotopic (exact) mass is 200 g/mol. The molecule has 0 spiro atoms. The van der Waals surface area contributed by atoms with Gasteiger partial charge in [-0.25, -0.2) is 0 Å². The van der Waals surface area contributed by atoms with E-state index >= 15 is 0 Å². The molecule has 0 aliphatic carbocycles. The Morgan fingerprint density at radius 3 is 2.43 bits per heavy atom. The van der Waals surface area contributed by atoms with Crippen LogP contribution >= 0.6 is 0 Å². The van der Waals surface area contributed by atoms with Gasteiger partial charge in [0.25, 0.3) is 0 Å². The first kappa shape index (κ1) is 12.6. The van der Waals surface area contributed by atoms with Crippen molar-refractivity contribution in [3.63, 3.8) is 0 Å². The van der Waals surface area contributed by atoms with E-state index < -0.39 is 0 Å². The van der Waals surface area contributed by atoms with Crippen molar-refractivity contribution in [3.8, 4) is 0 Å². The van der Waals surface area contributed by atoms with Gasteiger partial charge in [-0.1, -0.05) is 0 Å². The number of hydrogen-bond acceptors (Lipinski definition) is 3. The molecule has 2 amide bonds.